The summed E-state index contributed by atoms with van der Waals surface area (Å²) in [5.74, 6) is 0. The predicted molar refractivity (Wildman–Crippen MR) is 277 cm³/mol. The van der Waals surface area contributed by atoms with Crippen LogP contribution < -0.4 is 12.4 Å². The molecule has 0 saturated carbocycles. The Morgan fingerprint density at radius 1 is 0.389 bits per heavy atom. The molecule has 4 N–H and O–H groups in total. The second-order valence-corrected chi connectivity index (χ2v) is 20.8. The smallest absolute Gasteiger partial charge is 0.276 e. The highest BCUT2D eigenvalue weighted by Crippen LogP contribution is 2.47. The molecule has 6 aromatic rings. The number of aromatic amines is 4. The second kappa shape index (κ2) is 22.4. The normalized spacial score (nSPS) is 17.8. The number of nitro benzene ring substituents is 4. The molecule has 0 radical (unpaired) electrons. The number of unbranched alkanes of at least 4 members (excludes halogenated alkanes) is 4. The third-order valence-electron chi connectivity index (χ3n) is 15.3. The van der Waals surface area contributed by atoms with Gasteiger partial charge in [-0.05, 0) is 127 Å². The van der Waals surface area contributed by atoms with E-state index in [1.54, 1.807) is 0 Å². The minimum atomic E-state index is -1.17. The van der Waals surface area contributed by atoms with Crippen LogP contribution in [-0.2, 0) is 21.7 Å². The SMILES string of the molecule is CC1(C)c2ccc([nH]2)C(C)(c2cc([N+](=O)[O-])cc([N+](=O)[O-])c2)c2ccc([nH]2)C(C)(C)c2ccc([nH]2)C(C)(c2cc([N+](=O)[O-])cc([N+](=O)[O-])c2)c2ccc1[nH]2.CCCC[N+](CCCC)(CCCC)CCCC.[Cl-]. The quantitative estimate of drug-likeness (QED) is 0.0366. The van der Waals surface area contributed by atoms with Crippen LogP contribution in [0.3, 0.4) is 0 Å². The van der Waals surface area contributed by atoms with E-state index in [1.165, 1.54) is 106 Å². The number of hydrogen-bond acceptors (Lipinski definition) is 8. The number of nitrogens with one attached hydrogen (secondary N) is 4. The van der Waals surface area contributed by atoms with E-state index in [4.69, 9.17) is 0 Å². The maximum Gasteiger partial charge on any atom is 0.276 e. The van der Waals surface area contributed by atoms with Gasteiger partial charge in [0.15, 0.2) is 0 Å². The number of quaternary nitrogens is 1. The number of nitro groups is 4. The van der Waals surface area contributed by atoms with Crippen LogP contribution in [0, 0.1) is 40.5 Å². The van der Waals surface area contributed by atoms with Crippen molar-refractivity contribution in [3.05, 3.63) is 182 Å². The van der Waals surface area contributed by atoms with Gasteiger partial charge in [0.1, 0.15) is 0 Å². The highest BCUT2D eigenvalue weighted by molar-refractivity contribution is 5.58. The lowest BCUT2D eigenvalue weighted by Crippen LogP contribution is -3.00. The van der Waals surface area contributed by atoms with Gasteiger partial charge in [-0.3, -0.25) is 40.5 Å². The number of rotatable bonds is 18. The van der Waals surface area contributed by atoms with Crippen molar-refractivity contribution in [2.45, 2.75) is 142 Å². The van der Waals surface area contributed by atoms with Crippen LogP contribution in [0.1, 0.15) is 177 Å². The van der Waals surface area contributed by atoms with Gasteiger partial charge >= 0.3 is 0 Å². The van der Waals surface area contributed by atoms with E-state index < -0.39 is 64.1 Å². The van der Waals surface area contributed by atoms with Crippen LogP contribution in [0.25, 0.3) is 0 Å². The molecule has 1 aliphatic heterocycles. The van der Waals surface area contributed by atoms with Gasteiger partial charge in [-0.15, -0.1) is 0 Å². The Kier molecular flexibility index (Phi) is 17.6. The zero-order valence-electron chi connectivity index (χ0n) is 43.4. The van der Waals surface area contributed by atoms with Crippen molar-refractivity contribution < 1.29 is 36.6 Å². The van der Waals surface area contributed by atoms with E-state index in [0.29, 0.717) is 33.9 Å². The van der Waals surface area contributed by atoms with Crippen molar-refractivity contribution in [1.82, 2.24) is 19.9 Å². The third kappa shape index (κ3) is 11.1. The van der Waals surface area contributed by atoms with Crippen LogP contribution in [0.5, 0.6) is 0 Å². The first-order valence-electron chi connectivity index (χ1n) is 25.1. The standard InChI is InChI=1S/C38H36N8O8.C16H36N.ClH/c1-35(2)27-7-11-31(39-27)37(5,21-15-23(43(47)48)19-24(16-21)44(49)50)33-13-9-29(41-33)36(3,4)30-10-14-34(42-30)38(6,32-12-8-28(35)40-32)22-17-25(45(51)52)20-26(18-22)46(53)54;1-5-9-13-17(14-10-6-2,15-11-7-3)16-12-8-4;/h7-20,39-42H,1-6H3;5-16H2,1-4H3;1H/q;+1;/p-1. The highest BCUT2D eigenvalue weighted by Gasteiger charge is 2.42. The van der Waals surface area contributed by atoms with Gasteiger partial charge in [0.2, 0.25) is 0 Å². The van der Waals surface area contributed by atoms with Crippen LogP contribution in [0.4, 0.5) is 22.7 Å². The number of fused-ring (bicyclic) bond motifs is 8. The largest absolute Gasteiger partial charge is 1.00 e. The van der Waals surface area contributed by atoms with Crippen LogP contribution in [0.2, 0.25) is 0 Å². The fourth-order valence-corrected chi connectivity index (χ4v) is 10.2. The molecule has 0 unspecified atom stereocenters. The van der Waals surface area contributed by atoms with Crippen molar-refractivity contribution >= 4 is 22.7 Å². The van der Waals surface area contributed by atoms with E-state index in [2.05, 4.69) is 47.6 Å². The average Bonchev–Trinajstić information content (AvgIpc) is 4.21. The molecule has 18 heteroatoms. The molecule has 0 saturated heterocycles. The van der Waals surface area contributed by atoms with E-state index in [0.717, 1.165) is 34.9 Å². The van der Waals surface area contributed by atoms with E-state index in [9.17, 15) is 40.5 Å². The Labute approximate surface area is 428 Å². The van der Waals surface area contributed by atoms with Gasteiger partial charge in [0, 0.05) is 80.6 Å². The number of halogens is 1. The molecule has 0 spiro atoms. The van der Waals surface area contributed by atoms with E-state index >= 15 is 0 Å². The number of benzene rings is 2. The Bertz CT molecular complexity index is 2510. The van der Waals surface area contributed by atoms with Crippen molar-refractivity contribution in [2.75, 3.05) is 26.2 Å². The summed E-state index contributed by atoms with van der Waals surface area (Å²) in [6.45, 7) is 26.6. The Hall–Kier alpha value is -6.59. The molecule has 7 rings (SSSR count). The highest BCUT2D eigenvalue weighted by atomic mass is 35.5. The molecule has 0 amide bonds. The van der Waals surface area contributed by atoms with Gasteiger partial charge in [-0.25, -0.2) is 0 Å². The average molecular weight is 1010 g/mol. The fraction of sp³-hybridized carbons (Fsp3) is 0.481. The van der Waals surface area contributed by atoms with E-state index in [-0.39, 0.29) is 12.4 Å². The first kappa shape index (κ1) is 56.3. The molecule has 8 bridgehead atoms. The van der Waals surface area contributed by atoms with Crippen molar-refractivity contribution in [3.8, 4) is 0 Å². The van der Waals surface area contributed by atoms with Gasteiger partial charge in [0.05, 0.1) is 68.8 Å². The van der Waals surface area contributed by atoms with Crippen LogP contribution >= 0.6 is 0 Å². The molecular formula is C54H72ClN9O8. The van der Waals surface area contributed by atoms with E-state index in [1.807, 2.05) is 90.1 Å². The number of H-pyrrole nitrogens is 4. The topological polar surface area (TPSA) is 236 Å². The summed E-state index contributed by atoms with van der Waals surface area (Å²) >= 11 is 0. The lowest BCUT2D eigenvalue weighted by atomic mass is 9.76. The number of nitrogens with zero attached hydrogens (tertiary/aromatic N) is 5. The molecule has 4 aromatic heterocycles. The van der Waals surface area contributed by atoms with Crippen molar-refractivity contribution in [3.63, 3.8) is 0 Å². The maximum absolute atomic E-state index is 12.0. The molecule has 1 aliphatic rings. The molecule has 0 atom stereocenters. The zero-order valence-corrected chi connectivity index (χ0v) is 44.2. The van der Waals surface area contributed by atoms with Gasteiger partial charge in [-0.1, -0.05) is 53.4 Å². The number of hydrogen-bond donors (Lipinski definition) is 4. The first-order valence-corrected chi connectivity index (χ1v) is 25.1. The summed E-state index contributed by atoms with van der Waals surface area (Å²) in [6, 6.07) is 22.3. The first-order chi connectivity index (χ1) is 33.5. The zero-order chi connectivity index (χ0) is 52.1. The predicted octanol–water partition coefficient (Wildman–Crippen LogP) is 10.3. The molecular weight excluding hydrogens is 938 g/mol. The molecule has 17 nitrogen and oxygen atoms in total. The summed E-state index contributed by atoms with van der Waals surface area (Å²) in [5.41, 5.74) is 0.569. The molecule has 388 valence electrons. The summed E-state index contributed by atoms with van der Waals surface area (Å²) in [4.78, 5) is 59.7. The Morgan fingerprint density at radius 2 is 0.597 bits per heavy atom. The molecule has 5 heterocycles. The van der Waals surface area contributed by atoms with Crippen LogP contribution in [0.15, 0.2) is 84.9 Å². The Balaban J connectivity index is 0.000000459. The molecule has 2 aromatic carbocycles. The molecule has 72 heavy (non-hydrogen) atoms. The Morgan fingerprint density at radius 3 is 0.792 bits per heavy atom. The van der Waals surface area contributed by atoms with Crippen molar-refractivity contribution in [1.29, 1.82) is 0 Å². The van der Waals surface area contributed by atoms with Gasteiger partial charge in [-0.2, -0.15) is 0 Å². The fourth-order valence-electron chi connectivity index (χ4n) is 10.2. The molecule has 0 fully saturated rings. The van der Waals surface area contributed by atoms with Gasteiger partial charge in [0.25, 0.3) is 22.7 Å². The number of non-ortho nitro benzene ring substituents is 4. The summed E-state index contributed by atoms with van der Waals surface area (Å²) in [6.07, 6.45) is 11.1. The minimum Gasteiger partial charge on any atom is -1.00 e. The lowest BCUT2D eigenvalue weighted by Gasteiger charge is -2.39. The summed E-state index contributed by atoms with van der Waals surface area (Å²) < 4.78 is 1.42. The minimum absolute atomic E-state index is 0. The molecule has 0 aliphatic carbocycles. The maximum atomic E-state index is 12.0. The van der Waals surface area contributed by atoms with Gasteiger partial charge < -0.3 is 36.8 Å². The number of aromatic nitrogens is 4. The summed E-state index contributed by atoms with van der Waals surface area (Å²) in [7, 11) is 0. The second-order valence-electron chi connectivity index (χ2n) is 20.8. The summed E-state index contributed by atoms with van der Waals surface area (Å²) in [5, 5.41) is 48.1. The third-order valence-corrected chi connectivity index (χ3v) is 15.3. The van der Waals surface area contributed by atoms with Crippen LogP contribution in [-0.4, -0.2) is 70.3 Å². The van der Waals surface area contributed by atoms with Crippen molar-refractivity contribution in [2.24, 2.45) is 0 Å². The monoisotopic (exact) mass is 1010 g/mol. The lowest BCUT2D eigenvalue weighted by molar-refractivity contribution is -0.929.